The zero-order chi connectivity index (χ0) is 12.3. The molecule has 1 atom stereocenters. The van der Waals surface area contributed by atoms with Gasteiger partial charge in [0.1, 0.15) is 0 Å². The summed E-state index contributed by atoms with van der Waals surface area (Å²) < 4.78 is 0.954. The maximum absolute atomic E-state index is 5.93. The highest BCUT2D eigenvalue weighted by atomic mass is 79.9. The molecule has 0 fully saturated rings. The highest BCUT2D eigenvalue weighted by molar-refractivity contribution is 9.10. The fourth-order valence-corrected chi connectivity index (χ4v) is 2.57. The molecule has 0 aliphatic rings. The summed E-state index contributed by atoms with van der Waals surface area (Å²) in [5, 5.41) is 3.92. The van der Waals surface area contributed by atoms with Gasteiger partial charge >= 0.3 is 0 Å². The highest BCUT2D eigenvalue weighted by Gasteiger charge is 2.16. The molecule has 0 radical (unpaired) electrons. The summed E-state index contributed by atoms with van der Waals surface area (Å²) in [6, 6.07) is 5.71. The number of nitrogens with zero attached hydrogens (tertiary/aromatic N) is 2. The van der Waals surface area contributed by atoms with Gasteiger partial charge in [-0.3, -0.25) is 9.97 Å². The minimum Gasteiger partial charge on any atom is -0.308 e. The van der Waals surface area contributed by atoms with E-state index >= 15 is 0 Å². The Balaban J connectivity index is 2.42. The Labute approximate surface area is 113 Å². The Bertz CT molecular complexity index is 504. The van der Waals surface area contributed by atoms with E-state index in [0.717, 1.165) is 15.7 Å². The summed E-state index contributed by atoms with van der Waals surface area (Å²) in [4.78, 5) is 8.39. The van der Waals surface area contributed by atoms with E-state index in [1.165, 1.54) is 0 Å². The second-order valence-corrected chi connectivity index (χ2v) is 4.81. The molecule has 3 nitrogen and oxygen atoms in total. The van der Waals surface area contributed by atoms with Crippen LogP contribution in [0, 0.1) is 0 Å². The normalized spacial score (nSPS) is 12.4. The lowest BCUT2D eigenvalue weighted by molar-refractivity contribution is 0.664. The zero-order valence-electron chi connectivity index (χ0n) is 9.19. The molecule has 1 N–H and O–H groups in total. The van der Waals surface area contributed by atoms with E-state index in [1.807, 2.05) is 25.2 Å². The van der Waals surface area contributed by atoms with E-state index in [1.54, 1.807) is 18.6 Å². The van der Waals surface area contributed by atoms with E-state index in [2.05, 4.69) is 31.2 Å². The Morgan fingerprint density at radius 3 is 2.76 bits per heavy atom. The van der Waals surface area contributed by atoms with Crippen LogP contribution < -0.4 is 5.32 Å². The van der Waals surface area contributed by atoms with Crippen LogP contribution in [0.25, 0.3) is 0 Å². The summed E-state index contributed by atoms with van der Waals surface area (Å²) in [6.07, 6.45) is 5.10. The molecule has 0 bridgehead atoms. The molecule has 17 heavy (non-hydrogen) atoms. The van der Waals surface area contributed by atoms with Crippen molar-refractivity contribution in [2.24, 2.45) is 0 Å². The summed E-state index contributed by atoms with van der Waals surface area (Å²) >= 11 is 9.45. The molecule has 1 heterocycles. The van der Waals surface area contributed by atoms with Gasteiger partial charge in [-0.15, -0.1) is 0 Å². The number of nitrogens with one attached hydrogen (secondary N) is 1. The summed E-state index contributed by atoms with van der Waals surface area (Å²) in [5.74, 6) is 0. The van der Waals surface area contributed by atoms with Crippen molar-refractivity contribution in [2.45, 2.75) is 6.04 Å². The first-order chi connectivity index (χ1) is 8.22. The quantitative estimate of drug-likeness (QED) is 0.946. The molecular weight excluding hydrogens is 302 g/mol. The molecule has 1 aromatic heterocycles. The van der Waals surface area contributed by atoms with Crippen LogP contribution in [-0.2, 0) is 0 Å². The number of hydrogen-bond acceptors (Lipinski definition) is 3. The molecule has 88 valence electrons. The van der Waals surface area contributed by atoms with Crippen molar-refractivity contribution in [1.82, 2.24) is 15.3 Å². The summed E-state index contributed by atoms with van der Waals surface area (Å²) in [7, 11) is 1.89. The van der Waals surface area contributed by atoms with Crippen LogP contribution in [-0.4, -0.2) is 17.0 Å². The third-order valence-corrected chi connectivity index (χ3v) is 3.36. The minimum atomic E-state index is -0.00431. The highest BCUT2D eigenvalue weighted by Crippen LogP contribution is 2.29. The van der Waals surface area contributed by atoms with Crippen LogP contribution in [0.5, 0.6) is 0 Å². The maximum Gasteiger partial charge on any atom is 0.0801 e. The fraction of sp³-hybridized carbons (Fsp3) is 0.167. The van der Waals surface area contributed by atoms with Gasteiger partial charge in [-0.1, -0.05) is 33.6 Å². The Morgan fingerprint density at radius 1 is 1.35 bits per heavy atom. The zero-order valence-corrected chi connectivity index (χ0v) is 11.5. The van der Waals surface area contributed by atoms with Gasteiger partial charge in [-0.05, 0) is 24.7 Å². The monoisotopic (exact) mass is 311 g/mol. The molecule has 2 aromatic rings. The average molecular weight is 313 g/mol. The van der Waals surface area contributed by atoms with Crippen LogP contribution >= 0.6 is 27.5 Å². The lowest BCUT2D eigenvalue weighted by Crippen LogP contribution is -2.19. The molecule has 1 unspecified atom stereocenters. The predicted molar refractivity (Wildman–Crippen MR) is 72.1 cm³/mol. The van der Waals surface area contributed by atoms with Crippen LogP contribution in [0.1, 0.15) is 17.3 Å². The van der Waals surface area contributed by atoms with Crippen LogP contribution in [0.2, 0.25) is 5.02 Å². The Morgan fingerprint density at radius 2 is 2.18 bits per heavy atom. The fourth-order valence-electron chi connectivity index (χ4n) is 1.66. The Hall–Kier alpha value is -0.970. The smallest absolute Gasteiger partial charge is 0.0801 e. The molecule has 0 aliphatic heterocycles. The SMILES string of the molecule is CNC(c1cnccn1)c1ccc(Cl)cc1Br. The van der Waals surface area contributed by atoms with E-state index in [-0.39, 0.29) is 6.04 Å². The summed E-state index contributed by atoms with van der Waals surface area (Å²) in [6.45, 7) is 0. The van der Waals surface area contributed by atoms with Crippen molar-refractivity contribution in [3.05, 3.63) is 57.5 Å². The van der Waals surface area contributed by atoms with Crippen molar-refractivity contribution in [1.29, 1.82) is 0 Å². The minimum absolute atomic E-state index is 0.00431. The second kappa shape index (κ2) is 5.58. The van der Waals surface area contributed by atoms with Crippen molar-refractivity contribution in [3.63, 3.8) is 0 Å². The molecule has 0 saturated heterocycles. The first kappa shape index (κ1) is 12.5. The van der Waals surface area contributed by atoms with Crippen molar-refractivity contribution in [2.75, 3.05) is 7.05 Å². The van der Waals surface area contributed by atoms with E-state index in [9.17, 15) is 0 Å². The number of aromatic nitrogens is 2. The lowest BCUT2D eigenvalue weighted by Gasteiger charge is -2.17. The topological polar surface area (TPSA) is 37.8 Å². The maximum atomic E-state index is 5.93. The summed E-state index contributed by atoms with van der Waals surface area (Å²) in [5.41, 5.74) is 1.95. The molecule has 1 aromatic carbocycles. The second-order valence-electron chi connectivity index (χ2n) is 3.52. The van der Waals surface area contributed by atoms with Gasteiger partial charge < -0.3 is 5.32 Å². The van der Waals surface area contributed by atoms with Gasteiger partial charge in [0.15, 0.2) is 0 Å². The molecule has 0 saturated carbocycles. The molecule has 0 amide bonds. The van der Waals surface area contributed by atoms with E-state index in [4.69, 9.17) is 11.6 Å². The van der Waals surface area contributed by atoms with Gasteiger partial charge in [0.05, 0.1) is 17.9 Å². The van der Waals surface area contributed by atoms with Crippen LogP contribution in [0.15, 0.2) is 41.3 Å². The van der Waals surface area contributed by atoms with Gasteiger partial charge in [0.25, 0.3) is 0 Å². The van der Waals surface area contributed by atoms with Crippen LogP contribution in [0.4, 0.5) is 0 Å². The van der Waals surface area contributed by atoms with Crippen molar-refractivity contribution in [3.8, 4) is 0 Å². The van der Waals surface area contributed by atoms with E-state index < -0.39 is 0 Å². The predicted octanol–water partition coefficient (Wildman–Crippen LogP) is 3.20. The first-order valence-electron chi connectivity index (χ1n) is 5.10. The first-order valence-corrected chi connectivity index (χ1v) is 6.27. The van der Waals surface area contributed by atoms with Crippen molar-refractivity contribution < 1.29 is 0 Å². The molecule has 0 spiro atoms. The van der Waals surface area contributed by atoms with E-state index in [0.29, 0.717) is 5.02 Å². The largest absolute Gasteiger partial charge is 0.308 e. The number of benzene rings is 1. The van der Waals surface area contributed by atoms with Gasteiger partial charge in [0.2, 0.25) is 0 Å². The number of rotatable bonds is 3. The Kier molecular flexibility index (Phi) is 4.10. The van der Waals surface area contributed by atoms with Gasteiger partial charge in [-0.2, -0.15) is 0 Å². The molecular formula is C12H11BrClN3. The molecule has 0 aliphatic carbocycles. The average Bonchev–Trinajstić information content (AvgIpc) is 2.34. The van der Waals surface area contributed by atoms with Crippen molar-refractivity contribution >= 4 is 27.5 Å². The number of hydrogen-bond donors (Lipinski definition) is 1. The molecule has 2 rings (SSSR count). The third kappa shape index (κ3) is 2.83. The lowest BCUT2D eigenvalue weighted by atomic mass is 10.0. The standard InChI is InChI=1S/C12H11BrClN3/c1-15-12(11-7-16-4-5-17-11)9-3-2-8(14)6-10(9)13/h2-7,12,15H,1H3. The number of halogens is 2. The van der Waals surface area contributed by atoms with Gasteiger partial charge in [0, 0.05) is 21.9 Å². The molecule has 5 heteroatoms. The van der Waals surface area contributed by atoms with Gasteiger partial charge in [-0.25, -0.2) is 0 Å². The third-order valence-electron chi connectivity index (χ3n) is 2.44. The van der Waals surface area contributed by atoms with Crippen LogP contribution in [0.3, 0.4) is 0 Å².